The highest BCUT2D eigenvalue weighted by atomic mass is 19.1. The molecule has 0 amide bonds. The number of hydrogen-bond acceptors (Lipinski definition) is 6. The highest BCUT2D eigenvalue weighted by Crippen LogP contribution is 2.08. The summed E-state index contributed by atoms with van der Waals surface area (Å²) in [6.07, 6.45) is 1.68. The molecule has 1 aromatic carbocycles. The Kier molecular flexibility index (Phi) is 5.56. The maximum atomic E-state index is 13.2. The number of anilines is 1. The summed E-state index contributed by atoms with van der Waals surface area (Å²) in [7, 11) is 0. The second kappa shape index (κ2) is 7.81. The van der Waals surface area contributed by atoms with Gasteiger partial charge in [0.05, 0.1) is 17.2 Å². The standard InChI is InChI=1S/C14H12FN5O2.CH2O2/c15-8-1-2-10-9(5-8)14(22)20(7-17-10)4-3-12-18-11(16)6-13(21)19-12;2-1-3/h1-2,5-7H,3-4H2,(H3,16,18,19,21);1H,(H,2,3). The number of nitrogens with zero attached hydrogens (tertiary/aromatic N) is 3. The van der Waals surface area contributed by atoms with Crippen LogP contribution in [0.25, 0.3) is 10.9 Å². The molecule has 0 atom stereocenters. The Bertz CT molecular complexity index is 1010. The summed E-state index contributed by atoms with van der Waals surface area (Å²) in [6.45, 7) is -0.00925. The van der Waals surface area contributed by atoms with Gasteiger partial charge in [-0.2, -0.15) is 0 Å². The lowest BCUT2D eigenvalue weighted by atomic mass is 10.2. The average molecular weight is 347 g/mol. The molecule has 0 aliphatic rings. The van der Waals surface area contributed by atoms with Gasteiger partial charge < -0.3 is 15.8 Å². The van der Waals surface area contributed by atoms with Crippen LogP contribution in [-0.2, 0) is 17.8 Å². The zero-order valence-corrected chi connectivity index (χ0v) is 12.8. The molecule has 25 heavy (non-hydrogen) atoms. The number of fused-ring (bicyclic) bond motifs is 1. The molecule has 0 aliphatic heterocycles. The summed E-state index contributed by atoms with van der Waals surface area (Å²) < 4.78 is 14.6. The molecule has 0 fully saturated rings. The Morgan fingerprint density at radius 3 is 2.72 bits per heavy atom. The number of nitrogens with two attached hydrogens (primary N) is 1. The van der Waals surface area contributed by atoms with Crippen molar-refractivity contribution in [2.24, 2.45) is 0 Å². The molecule has 0 saturated carbocycles. The number of benzene rings is 1. The number of nitrogens with one attached hydrogen (secondary N) is 1. The zero-order chi connectivity index (χ0) is 18.4. The van der Waals surface area contributed by atoms with E-state index in [1.54, 1.807) is 0 Å². The van der Waals surface area contributed by atoms with Crippen molar-refractivity contribution in [3.8, 4) is 0 Å². The summed E-state index contributed by atoms with van der Waals surface area (Å²) in [4.78, 5) is 42.6. The van der Waals surface area contributed by atoms with Crippen molar-refractivity contribution < 1.29 is 14.3 Å². The van der Waals surface area contributed by atoms with E-state index in [-0.39, 0.29) is 35.3 Å². The molecule has 0 unspecified atom stereocenters. The lowest BCUT2D eigenvalue weighted by Crippen LogP contribution is -2.23. The third kappa shape index (κ3) is 4.47. The van der Waals surface area contributed by atoms with Gasteiger partial charge in [0.2, 0.25) is 0 Å². The van der Waals surface area contributed by atoms with Gasteiger partial charge in [-0.15, -0.1) is 0 Å². The Balaban J connectivity index is 0.000000701. The van der Waals surface area contributed by atoms with Crippen LogP contribution >= 0.6 is 0 Å². The molecule has 9 nitrogen and oxygen atoms in total. The number of carbonyl (C=O) groups is 1. The molecule has 0 spiro atoms. The third-order valence-electron chi connectivity index (χ3n) is 3.19. The highest BCUT2D eigenvalue weighted by Gasteiger charge is 2.06. The molecule has 0 radical (unpaired) electrons. The fourth-order valence-corrected chi connectivity index (χ4v) is 2.16. The van der Waals surface area contributed by atoms with Crippen molar-refractivity contribution >= 4 is 23.2 Å². The van der Waals surface area contributed by atoms with Crippen molar-refractivity contribution in [3.63, 3.8) is 0 Å². The summed E-state index contributed by atoms with van der Waals surface area (Å²) in [5.74, 6) is -0.00739. The van der Waals surface area contributed by atoms with E-state index in [2.05, 4.69) is 15.0 Å². The van der Waals surface area contributed by atoms with E-state index < -0.39 is 5.82 Å². The van der Waals surface area contributed by atoms with E-state index in [9.17, 15) is 14.0 Å². The van der Waals surface area contributed by atoms with E-state index in [1.807, 2.05) is 0 Å². The lowest BCUT2D eigenvalue weighted by Gasteiger charge is -2.06. The molecular formula is C15H14FN5O4. The van der Waals surface area contributed by atoms with Gasteiger partial charge in [-0.25, -0.2) is 14.4 Å². The minimum atomic E-state index is -0.494. The van der Waals surface area contributed by atoms with Crippen LogP contribution in [0.1, 0.15) is 5.82 Å². The van der Waals surface area contributed by atoms with Gasteiger partial charge in [0.1, 0.15) is 17.5 Å². The second-order valence-corrected chi connectivity index (χ2v) is 4.88. The van der Waals surface area contributed by atoms with Crippen LogP contribution in [0.2, 0.25) is 0 Å². The summed E-state index contributed by atoms with van der Waals surface area (Å²) in [6, 6.07) is 5.03. The first-order valence-corrected chi connectivity index (χ1v) is 7.03. The third-order valence-corrected chi connectivity index (χ3v) is 3.19. The molecule has 0 aliphatic carbocycles. The number of H-pyrrole nitrogens is 1. The van der Waals surface area contributed by atoms with Gasteiger partial charge in [-0.3, -0.25) is 19.0 Å². The van der Waals surface area contributed by atoms with Crippen molar-refractivity contribution in [3.05, 3.63) is 62.9 Å². The Labute approximate surface area is 139 Å². The van der Waals surface area contributed by atoms with E-state index in [0.29, 0.717) is 17.8 Å². The predicted molar refractivity (Wildman–Crippen MR) is 87.6 cm³/mol. The van der Waals surface area contributed by atoms with Crippen LogP contribution in [0.15, 0.2) is 40.2 Å². The fraction of sp³-hybridized carbons (Fsp3) is 0.133. The first-order chi connectivity index (χ1) is 11.9. The highest BCUT2D eigenvalue weighted by molar-refractivity contribution is 5.77. The van der Waals surface area contributed by atoms with Crippen LogP contribution in [0.4, 0.5) is 10.2 Å². The van der Waals surface area contributed by atoms with Gasteiger partial charge in [0.25, 0.3) is 17.6 Å². The van der Waals surface area contributed by atoms with E-state index in [1.165, 1.54) is 29.1 Å². The van der Waals surface area contributed by atoms with Crippen LogP contribution < -0.4 is 16.9 Å². The van der Waals surface area contributed by atoms with Crippen LogP contribution in [-0.4, -0.2) is 31.1 Å². The molecule has 3 aromatic rings. The number of nitrogen functional groups attached to an aromatic ring is 1. The van der Waals surface area contributed by atoms with Crippen molar-refractivity contribution in [2.75, 3.05) is 5.73 Å². The Morgan fingerprint density at radius 1 is 1.32 bits per heavy atom. The van der Waals surface area contributed by atoms with Gasteiger partial charge in [-0.05, 0) is 18.2 Å². The predicted octanol–water partition coefficient (Wildman–Crippen LogP) is 0.145. The van der Waals surface area contributed by atoms with Gasteiger partial charge in [-0.1, -0.05) is 0 Å². The molecular weight excluding hydrogens is 333 g/mol. The number of aryl methyl sites for hydroxylation is 2. The van der Waals surface area contributed by atoms with Gasteiger partial charge >= 0.3 is 0 Å². The van der Waals surface area contributed by atoms with Gasteiger partial charge in [0, 0.05) is 19.0 Å². The first kappa shape index (κ1) is 17.8. The number of hydrogen-bond donors (Lipinski definition) is 3. The summed E-state index contributed by atoms with van der Waals surface area (Å²) in [5, 5.41) is 7.09. The largest absolute Gasteiger partial charge is 0.483 e. The zero-order valence-electron chi connectivity index (χ0n) is 12.8. The van der Waals surface area contributed by atoms with Crippen molar-refractivity contribution in [1.29, 1.82) is 0 Å². The quantitative estimate of drug-likeness (QED) is 0.572. The maximum absolute atomic E-state index is 13.2. The minimum absolute atomic E-state index is 0.116. The molecule has 4 N–H and O–H groups in total. The summed E-state index contributed by atoms with van der Waals surface area (Å²) >= 11 is 0. The molecule has 130 valence electrons. The SMILES string of the molecule is Nc1cc(=O)[nH]c(CCn2cnc3ccc(F)cc3c2=O)n1.O=CO. The fourth-order valence-electron chi connectivity index (χ4n) is 2.16. The average Bonchev–Trinajstić information content (AvgIpc) is 2.55. The van der Waals surface area contributed by atoms with Crippen molar-refractivity contribution in [2.45, 2.75) is 13.0 Å². The Hall–Kier alpha value is -3.56. The van der Waals surface area contributed by atoms with E-state index in [4.69, 9.17) is 15.6 Å². The number of aromatic amines is 1. The van der Waals surface area contributed by atoms with E-state index in [0.717, 1.165) is 6.07 Å². The molecule has 2 heterocycles. The molecule has 0 bridgehead atoms. The number of halogens is 1. The molecule has 2 aromatic heterocycles. The van der Waals surface area contributed by atoms with Crippen LogP contribution in [0.5, 0.6) is 0 Å². The Morgan fingerprint density at radius 2 is 2.04 bits per heavy atom. The second-order valence-electron chi connectivity index (χ2n) is 4.88. The maximum Gasteiger partial charge on any atom is 0.290 e. The summed E-state index contributed by atoms with van der Waals surface area (Å²) in [5.41, 5.74) is 5.22. The first-order valence-electron chi connectivity index (χ1n) is 7.03. The lowest BCUT2D eigenvalue weighted by molar-refractivity contribution is -0.122. The molecule has 0 saturated heterocycles. The smallest absolute Gasteiger partial charge is 0.290 e. The van der Waals surface area contributed by atoms with Gasteiger partial charge in [0.15, 0.2) is 0 Å². The van der Waals surface area contributed by atoms with E-state index >= 15 is 0 Å². The monoisotopic (exact) mass is 347 g/mol. The van der Waals surface area contributed by atoms with Crippen LogP contribution in [0.3, 0.4) is 0 Å². The van der Waals surface area contributed by atoms with Crippen molar-refractivity contribution in [1.82, 2.24) is 19.5 Å². The number of carboxylic acid groups (broad SMARTS) is 1. The molecule has 10 heteroatoms. The molecule has 3 rings (SSSR count). The number of aromatic nitrogens is 4. The normalized spacial score (nSPS) is 10.1. The van der Waals surface area contributed by atoms with Crippen LogP contribution in [0, 0.1) is 5.82 Å². The minimum Gasteiger partial charge on any atom is -0.483 e. The number of rotatable bonds is 3. The topological polar surface area (TPSA) is 144 Å².